The van der Waals surface area contributed by atoms with E-state index in [2.05, 4.69) is 6.58 Å². The Balaban J connectivity index is 2.19. The van der Waals surface area contributed by atoms with Gasteiger partial charge in [0.05, 0.1) is 18.3 Å². The van der Waals surface area contributed by atoms with E-state index in [1.807, 2.05) is 0 Å². The standard InChI is InChI=1S/C10H16O3/c1-6-5-13-8-7(6)3-4-10(2,12)9(8)11/h7-9,11-12H,1,3-5H2,2H3. The van der Waals surface area contributed by atoms with Crippen molar-refractivity contribution in [2.75, 3.05) is 6.61 Å². The minimum Gasteiger partial charge on any atom is -0.387 e. The molecule has 0 aromatic rings. The molecule has 2 N–H and O–H groups in total. The van der Waals surface area contributed by atoms with Gasteiger partial charge in [-0.15, -0.1) is 0 Å². The SMILES string of the molecule is C=C1COC2C1CCC(C)(O)C2O. The van der Waals surface area contributed by atoms with Crippen LogP contribution in [0.3, 0.4) is 0 Å². The van der Waals surface area contributed by atoms with Gasteiger partial charge in [-0.2, -0.15) is 0 Å². The molecule has 1 aliphatic carbocycles. The number of hydrogen-bond acceptors (Lipinski definition) is 3. The Morgan fingerprint density at radius 1 is 1.62 bits per heavy atom. The minimum atomic E-state index is -0.994. The third-order valence-corrected chi connectivity index (χ3v) is 3.29. The van der Waals surface area contributed by atoms with Crippen molar-refractivity contribution in [3.8, 4) is 0 Å². The smallest absolute Gasteiger partial charge is 0.109 e. The molecule has 2 fully saturated rings. The number of aliphatic hydroxyl groups excluding tert-OH is 1. The van der Waals surface area contributed by atoms with Gasteiger partial charge in [0.25, 0.3) is 0 Å². The lowest BCUT2D eigenvalue weighted by molar-refractivity contribution is -0.153. The Morgan fingerprint density at radius 3 is 3.00 bits per heavy atom. The van der Waals surface area contributed by atoms with E-state index in [1.54, 1.807) is 6.92 Å². The molecule has 0 amide bonds. The summed E-state index contributed by atoms with van der Waals surface area (Å²) < 4.78 is 5.41. The second-order valence-corrected chi connectivity index (χ2v) is 4.38. The number of ether oxygens (including phenoxy) is 1. The summed E-state index contributed by atoms with van der Waals surface area (Å²) >= 11 is 0. The number of aliphatic hydroxyl groups is 2. The Hall–Kier alpha value is -0.380. The quantitative estimate of drug-likeness (QED) is 0.538. The fourth-order valence-corrected chi connectivity index (χ4v) is 2.29. The normalized spacial score (nSPS) is 50.7. The molecule has 3 heteroatoms. The predicted octanol–water partition coefficient (Wildman–Crippen LogP) is 0.463. The van der Waals surface area contributed by atoms with Gasteiger partial charge in [-0.1, -0.05) is 6.58 Å². The molecule has 0 bridgehead atoms. The molecule has 74 valence electrons. The second kappa shape index (κ2) is 2.80. The molecule has 2 rings (SSSR count). The van der Waals surface area contributed by atoms with Gasteiger partial charge in [0.2, 0.25) is 0 Å². The predicted molar refractivity (Wildman–Crippen MR) is 48.2 cm³/mol. The maximum absolute atomic E-state index is 9.82. The summed E-state index contributed by atoms with van der Waals surface area (Å²) in [7, 11) is 0. The van der Waals surface area contributed by atoms with Gasteiger partial charge in [0.15, 0.2) is 0 Å². The van der Waals surface area contributed by atoms with Gasteiger partial charge in [-0.3, -0.25) is 0 Å². The lowest BCUT2D eigenvalue weighted by atomic mass is 9.74. The second-order valence-electron chi connectivity index (χ2n) is 4.38. The summed E-state index contributed by atoms with van der Waals surface area (Å²) in [5, 5.41) is 19.6. The van der Waals surface area contributed by atoms with Crippen LogP contribution in [0.2, 0.25) is 0 Å². The zero-order chi connectivity index (χ0) is 9.64. The topological polar surface area (TPSA) is 49.7 Å². The summed E-state index contributed by atoms with van der Waals surface area (Å²) in [6.45, 7) is 6.10. The minimum absolute atomic E-state index is 0.240. The highest BCUT2D eigenvalue weighted by Crippen LogP contribution is 2.41. The van der Waals surface area contributed by atoms with Crippen molar-refractivity contribution < 1.29 is 14.9 Å². The van der Waals surface area contributed by atoms with E-state index in [9.17, 15) is 10.2 Å². The Morgan fingerprint density at radius 2 is 2.31 bits per heavy atom. The van der Waals surface area contributed by atoms with Crippen LogP contribution in [0.5, 0.6) is 0 Å². The Labute approximate surface area is 78.0 Å². The van der Waals surface area contributed by atoms with E-state index in [-0.39, 0.29) is 12.0 Å². The number of hydrogen-bond donors (Lipinski definition) is 2. The van der Waals surface area contributed by atoms with Crippen molar-refractivity contribution in [1.82, 2.24) is 0 Å². The van der Waals surface area contributed by atoms with Crippen LogP contribution in [0.15, 0.2) is 12.2 Å². The first-order valence-corrected chi connectivity index (χ1v) is 4.72. The van der Waals surface area contributed by atoms with Crippen LogP contribution < -0.4 is 0 Å². The number of fused-ring (bicyclic) bond motifs is 1. The van der Waals surface area contributed by atoms with Crippen LogP contribution in [0, 0.1) is 5.92 Å². The van der Waals surface area contributed by atoms with Gasteiger partial charge in [-0.05, 0) is 25.3 Å². The van der Waals surface area contributed by atoms with Crippen molar-refractivity contribution >= 4 is 0 Å². The van der Waals surface area contributed by atoms with E-state index in [1.165, 1.54) is 0 Å². The van der Waals surface area contributed by atoms with Gasteiger partial charge in [-0.25, -0.2) is 0 Å². The molecule has 1 heterocycles. The molecule has 3 nitrogen and oxygen atoms in total. The molecular formula is C10H16O3. The highest BCUT2D eigenvalue weighted by molar-refractivity contribution is 5.14. The Kier molecular flexibility index (Phi) is 1.98. The largest absolute Gasteiger partial charge is 0.387 e. The van der Waals surface area contributed by atoms with E-state index < -0.39 is 11.7 Å². The van der Waals surface area contributed by atoms with Crippen molar-refractivity contribution in [1.29, 1.82) is 0 Å². The highest BCUT2D eigenvalue weighted by Gasteiger charge is 2.48. The summed E-state index contributed by atoms with van der Waals surface area (Å²) in [6, 6.07) is 0. The molecule has 0 aromatic heterocycles. The zero-order valence-corrected chi connectivity index (χ0v) is 7.86. The molecule has 1 aliphatic heterocycles. The molecule has 13 heavy (non-hydrogen) atoms. The van der Waals surface area contributed by atoms with Crippen molar-refractivity contribution in [3.63, 3.8) is 0 Å². The molecule has 0 aromatic carbocycles. The third-order valence-electron chi connectivity index (χ3n) is 3.29. The molecule has 4 atom stereocenters. The molecule has 4 unspecified atom stereocenters. The molecule has 0 radical (unpaired) electrons. The van der Waals surface area contributed by atoms with E-state index >= 15 is 0 Å². The average molecular weight is 184 g/mol. The molecular weight excluding hydrogens is 168 g/mol. The van der Waals surface area contributed by atoms with Crippen molar-refractivity contribution in [2.45, 2.75) is 37.6 Å². The van der Waals surface area contributed by atoms with Crippen LogP contribution in [0.25, 0.3) is 0 Å². The summed E-state index contributed by atoms with van der Waals surface area (Å²) in [4.78, 5) is 0. The first-order chi connectivity index (χ1) is 6.02. The molecule has 0 spiro atoms. The van der Waals surface area contributed by atoms with Gasteiger partial charge < -0.3 is 14.9 Å². The molecule has 1 saturated carbocycles. The van der Waals surface area contributed by atoms with Crippen LogP contribution >= 0.6 is 0 Å². The fourth-order valence-electron chi connectivity index (χ4n) is 2.29. The summed E-state index contributed by atoms with van der Waals surface area (Å²) in [5.74, 6) is 0.246. The number of rotatable bonds is 0. The van der Waals surface area contributed by atoms with Gasteiger partial charge in [0, 0.05) is 5.92 Å². The van der Waals surface area contributed by atoms with Crippen LogP contribution in [0.1, 0.15) is 19.8 Å². The van der Waals surface area contributed by atoms with Crippen molar-refractivity contribution in [3.05, 3.63) is 12.2 Å². The first kappa shape index (κ1) is 9.19. The zero-order valence-electron chi connectivity index (χ0n) is 7.86. The van der Waals surface area contributed by atoms with Crippen LogP contribution in [-0.4, -0.2) is 34.6 Å². The summed E-state index contributed by atoms with van der Waals surface area (Å²) in [6.07, 6.45) is 0.479. The summed E-state index contributed by atoms with van der Waals surface area (Å²) in [5.41, 5.74) is 0.0609. The van der Waals surface area contributed by atoms with Gasteiger partial charge in [0.1, 0.15) is 6.10 Å². The Bertz CT molecular complexity index is 234. The fraction of sp³-hybridized carbons (Fsp3) is 0.800. The lowest BCUT2D eigenvalue weighted by Crippen LogP contribution is -2.52. The van der Waals surface area contributed by atoms with E-state index in [0.29, 0.717) is 13.0 Å². The first-order valence-electron chi connectivity index (χ1n) is 4.72. The van der Waals surface area contributed by atoms with E-state index in [0.717, 1.165) is 12.0 Å². The maximum Gasteiger partial charge on any atom is 0.109 e. The lowest BCUT2D eigenvalue weighted by Gasteiger charge is -2.40. The van der Waals surface area contributed by atoms with Crippen LogP contribution in [-0.2, 0) is 4.74 Å². The van der Waals surface area contributed by atoms with Crippen LogP contribution in [0.4, 0.5) is 0 Å². The molecule has 2 aliphatic rings. The molecule has 1 saturated heterocycles. The highest BCUT2D eigenvalue weighted by atomic mass is 16.5. The third kappa shape index (κ3) is 1.31. The maximum atomic E-state index is 9.82. The van der Waals surface area contributed by atoms with E-state index in [4.69, 9.17) is 4.74 Å². The average Bonchev–Trinajstić information content (AvgIpc) is 2.41. The monoisotopic (exact) mass is 184 g/mol. The van der Waals surface area contributed by atoms with Crippen molar-refractivity contribution in [2.24, 2.45) is 5.92 Å². The van der Waals surface area contributed by atoms with Gasteiger partial charge >= 0.3 is 0 Å².